The van der Waals surface area contributed by atoms with Crippen molar-refractivity contribution in [2.75, 3.05) is 5.32 Å². The molecule has 26 heavy (non-hydrogen) atoms. The van der Waals surface area contributed by atoms with E-state index >= 15 is 0 Å². The summed E-state index contributed by atoms with van der Waals surface area (Å²) in [5, 5.41) is 2.03. The lowest BCUT2D eigenvalue weighted by Gasteiger charge is -2.18. The fraction of sp³-hybridized carbons (Fsp3) is 0.222. The lowest BCUT2D eigenvalue weighted by atomic mass is 10.2. The molecule has 5 nitrogen and oxygen atoms in total. The van der Waals surface area contributed by atoms with Gasteiger partial charge in [0.15, 0.2) is 12.2 Å². The number of hydrogen-bond donors (Lipinski definition) is 1. The molecule has 0 spiro atoms. The molecule has 0 saturated heterocycles. The first-order valence-electron chi connectivity index (χ1n) is 7.65. The van der Waals surface area contributed by atoms with Gasteiger partial charge in [-0.2, -0.15) is 0 Å². The second kappa shape index (κ2) is 8.37. The predicted octanol–water partition coefficient (Wildman–Crippen LogP) is 3.44. The van der Waals surface area contributed by atoms with Gasteiger partial charge in [0.1, 0.15) is 28.9 Å². The highest BCUT2D eigenvalue weighted by atomic mass is 19.1. The first-order valence-corrected chi connectivity index (χ1v) is 7.65. The van der Waals surface area contributed by atoms with Crippen LogP contribution in [-0.2, 0) is 14.3 Å². The van der Waals surface area contributed by atoms with Crippen LogP contribution in [0.15, 0.2) is 42.5 Å². The molecule has 0 aromatic heterocycles. The summed E-state index contributed by atoms with van der Waals surface area (Å²) >= 11 is 0. The van der Waals surface area contributed by atoms with E-state index in [-0.39, 0.29) is 5.75 Å². The van der Waals surface area contributed by atoms with Crippen molar-refractivity contribution in [1.82, 2.24) is 0 Å². The van der Waals surface area contributed by atoms with Crippen LogP contribution < -0.4 is 10.1 Å². The SMILES string of the molecule is C[C@H](OC(=O)[C@H](C)Oc1ccc(F)cc1)C(=O)Nc1c(F)cccc1F. The van der Waals surface area contributed by atoms with Crippen molar-refractivity contribution in [3.8, 4) is 5.75 Å². The topological polar surface area (TPSA) is 64.6 Å². The molecular weight excluding hydrogens is 351 g/mol. The van der Waals surface area contributed by atoms with Crippen molar-refractivity contribution in [3.63, 3.8) is 0 Å². The van der Waals surface area contributed by atoms with Crippen LogP contribution in [0.3, 0.4) is 0 Å². The highest BCUT2D eigenvalue weighted by Gasteiger charge is 2.24. The van der Waals surface area contributed by atoms with Gasteiger partial charge in [0.05, 0.1) is 0 Å². The number of amides is 1. The number of esters is 1. The maximum Gasteiger partial charge on any atom is 0.347 e. The molecule has 2 aromatic carbocycles. The van der Waals surface area contributed by atoms with E-state index in [4.69, 9.17) is 9.47 Å². The predicted molar refractivity (Wildman–Crippen MR) is 87.0 cm³/mol. The molecule has 0 saturated carbocycles. The highest BCUT2D eigenvalue weighted by molar-refractivity contribution is 5.95. The lowest BCUT2D eigenvalue weighted by Crippen LogP contribution is -2.35. The van der Waals surface area contributed by atoms with Gasteiger partial charge in [-0.1, -0.05) is 6.07 Å². The number of ether oxygens (including phenoxy) is 2. The van der Waals surface area contributed by atoms with Crippen LogP contribution in [-0.4, -0.2) is 24.1 Å². The van der Waals surface area contributed by atoms with E-state index in [1.54, 1.807) is 0 Å². The lowest BCUT2D eigenvalue weighted by molar-refractivity contribution is -0.159. The number of carbonyl (C=O) groups excluding carboxylic acids is 2. The fourth-order valence-corrected chi connectivity index (χ4v) is 1.93. The van der Waals surface area contributed by atoms with Crippen molar-refractivity contribution in [3.05, 3.63) is 59.9 Å². The molecule has 1 amide bonds. The number of rotatable bonds is 6. The molecule has 0 radical (unpaired) electrons. The molecule has 138 valence electrons. The Bertz CT molecular complexity index is 775. The molecule has 0 bridgehead atoms. The van der Waals surface area contributed by atoms with Crippen molar-refractivity contribution < 1.29 is 32.2 Å². The fourth-order valence-electron chi connectivity index (χ4n) is 1.93. The summed E-state index contributed by atoms with van der Waals surface area (Å²) in [5.74, 6) is -3.91. The minimum Gasteiger partial charge on any atom is -0.479 e. The molecule has 0 heterocycles. The van der Waals surface area contributed by atoms with Crippen LogP contribution in [0.2, 0.25) is 0 Å². The zero-order valence-electron chi connectivity index (χ0n) is 14.0. The minimum atomic E-state index is -1.32. The van der Waals surface area contributed by atoms with Gasteiger partial charge >= 0.3 is 5.97 Å². The summed E-state index contributed by atoms with van der Waals surface area (Å²) in [6.45, 7) is 2.63. The molecule has 0 aliphatic rings. The van der Waals surface area contributed by atoms with Gasteiger partial charge < -0.3 is 14.8 Å². The van der Waals surface area contributed by atoms with Crippen molar-refractivity contribution >= 4 is 17.6 Å². The van der Waals surface area contributed by atoms with Crippen LogP contribution >= 0.6 is 0 Å². The van der Waals surface area contributed by atoms with Gasteiger partial charge in [-0.3, -0.25) is 4.79 Å². The van der Waals surface area contributed by atoms with Crippen LogP contribution in [0.4, 0.5) is 18.9 Å². The molecule has 2 rings (SSSR count). The smallest absolute Gasteiger partial charge is 0.347 e. The standard InChI is InChI=1S/C18H16F3NO4/c1-10(17(23)22-16-14(20)4-3-5-15(16)21)26-18(24)11(2)25-13-8-6-12(19)7-9-13/h3-11H,1-2H3,(H,22,23)/t10-,11-/m0/s1. The molecule has 0 aliphatic heterocycles. The Labute approximate surface area is 147 Å². The number of hydrogen-bond acceptors (Lipinski definition) is 4. The molecule has 0 aliphatic carbocycles. The third-order valence-corrected chi connectivity index (χ3v) is 3.33. The van der Waals surface area contributed by atoms with E-state index in [1.807, 2.05) is 5.32 Å². The van der Waals surface area contributed by atoms with E-state index in [2.05, 4.69) is 0 Å². The van der Waals surface area contributed by atoms with Crippen LogP contribution in [0, 0.1) is 17.5 Å². The Kier molecular flexibility index (Phi) is 6.21. The number of anilines is 1. The van der Waals surface area contributed by atoms with Crippen molar-refractivity contribution in [2.45, 2.75) is 26.1 Å². The zero-order valence-corrected chi connectivity index (χ0v) is 14.0. The van der Waals surface area contributed by atoms with E-state index in [0.717, 1.165) is 30.3 Å². The Morgan fingerprint density at radius 2 is 1.50 bits per heavy atom. The first kappa shape index (κ1) is 19.3. The van der Waals surface area contributed by atoms with E-state index in [9.17, 15) is 22.8 Å². The monoisotopic (exact) mass is 367 g/mol. The summed E-state index contributed by atoms with van der Waals surface area (Å²) in [6.07, 6.45) is -2.40. The summed E-state index contributed by atoms with van der Waals surface area (Å²) in [7, 11) is 0. The average molecular weight is 367 g/mol. The number of nitrogens with one attached hydrogen (secondary N) is 1. The molecular formula is C18H16F3NO4. The number of para-hydroxylation sites is 1. The summed E-state index contributed by atoms with van der Waals surface area (Å²) in [4.78, 5) is 23.9. The zero-order chi connectivity index (χ0) is 19.3. The van der Waals surface area contributed by atoms with Crippen LogP contribution in [0.5, 0.6) is 5.75 Å². The molecule has 1 N–H and O–H groups in total. The van der Waals surface area contributed by atoms with Gasteiger partial charge in [0, 0.05) is 0 Å². The summed E-state index contributed by atoms with van der Waals surface area (Å²) in [6, 6.07) is 8.09. The first-order chi connectivity index (χ1) is 12.3. The van der Waals surface area contributed by atoms with Gasteiger partial charge in [-0.15, -0.1) is 0 Å². The normalized spacial score (nSPS) is 12.8. The van der Waals surface area contributed by atoms with E-state index in [0.29, 0.717) is 0 Å². The second-order valence-corrected chi connectivity index (χ2v) is 5.38. The van der Waals surface area contributed by atoms with Gasteiger partial charge in [-0.25, -0.2) is 18.0 Å². The minimum absolute atomic E-state index is 0.237. The third kappa shape index (κ3) is 4.98. The maximum atomic E-state index is 13.5. The molecule has 2 aromatic rings. The Morgan fingerprint density at radius 3 is 2.08 bits per heavy atom. The van der Waals surface area contributed by atoms with Gasteiger partial charge in [0.25, 0.3) is 5.91 Å². The third-order valence-electron chi connectivity index (χ3n) is 3.33. The molecule has 8 heteroatoms. The quantitative estimate of drug-likeness (QED) is 0.795. The average Bonchev–Trinajstić information content (AvgIpc) is 2.59. The largest absolute Gasteiger partial charge is 0.479 e. The van der Waals surface area contributed by atoms with E-state index in [1.165, 1.54) is 26.0 Å². The van der Waals surface area contributed by atoms with Crippen molar-refractivity contribution in [1.29, 1.82) is 0 Å². The second-order valence-electron chi connectivity index (χ2n) is 5.38. The number of benzene rings is 2. The van der Waals surface area contributed by atoms with Crippen molar-refractivity contribution in [2.24, 2.45) is 0 Å². The number of halogens is 3. The highest BCUT2D eigenvalue weighted by Crippen LogP contribution is 2.19. The molecule has 0 fully saturated rings. The van der Waals surface area contributed by atoms with Gasteiger partial charge in [0.2, 0.25) is 0 Å². The van der Waals surface area contributed by atoms with Crippen LogP contribution in [0.1, 0.15) is 13.8 Å². The van der Waals surface area contributed by atoms with Gasteiger partial charge in [-0.05, 0) is 50.2 Å². The maximum absolute atomic E-state index is 13.5. The molecule has 0 unspecified atom stereocenters. The van der Waals surface area contributed by atoms with Crippen LogP contribution in [0.25, 0.3) is 0 Å². The van der Waals surface area contributed by atoms with E-state index < -0.39 is 47.2 Å². The summed E-state index contributed by atoms with van der Waals surface area (Å²) in [5.41, 5.74) is -0.629. The molecule has 2 atom stereocenters. The number of carbonyl (C=O) groups is 2. The summed E-state index contributed by atoms with van der Waals surface area (Å²) < 4.78 is 50.1. The Hall–Kier alpha value is -3.03. The Morgan fingerprint density at radius 1 is 0.923 bits per heavy atom. The Balaban J connectivity index is 1.93.